The molecule has 0 bridgehead atoms. The van der Waals surface area contributed by atoms with Crippen LogP contribution < -0.4 is 0 Å². The van der Waals surface area contributed by atoms with E-state index in [1.54, 1.807) is 0 Å². The Morgan fingerprint density at radius 3 is 1.33 bits per heavy atom. The number of hydrogen-bond acceptors (Lipinski definition) is 0. The van der Waals surface area contributed by atoms with Gasteiger partial charge in [-0.1, -0.05) is 6.55 Å². The van der Waals surface area contributed by atoms with Gasteiger partial charge in [0, 0.05) is 0 Å². The first-order valence-corrected chi connectivity index (χ1v) is 4.38. The number of hydrogen-bond donors (Lipinski definition) is 0. The molecule has 6 heteroatoms. The topological polar surface area (TPSA) is 0 Å². The second kappa shape index (κ2) is 2.24. The standard InChI is InChI=1S/C3H5F5Si/c1-9-3(7,8)2(4,5)6/h9H2,1H3. The van der Waals surface area contributed by atoms with E-state index in [9.17, 15) is 22.0 Å². The highest BCUT2D eigenvalue weighted by Gasteiger charge is 2.55. The summed E-state index contributed by atoms with van der Waals surface area (Å²) in [6.45, 7) is 0.924. The molecule has 0 N–H and O–H groups in total. The minimum atomic E-state index is -5.33. The zero-order chi connectivity index (χ0) is 7.71. The van der Waals surface area contributed by atoms with Gasteiger partial charge in [-0.25, -0.2) is 8.78 Å². The van der Waals surface area contributed by atoms with E-state index >= 15 is 0 Å². The van der Waals surface area contributed by atoms with Crippen molar-refractivity contribution in [3.8, 4) is 0 Å². The van der Waals surface area contributed by atoms with Crippen LogP contribution in [0.5, 0.6) is 0 Å². The van der Waals surface area contributed by atoms with Gasteiger partial charge < -0.3 is 0 Å². The molecule has 0 aliphatic heterocycles. The lowest BCUT2D eigenvalue weighted by Gasteiger charge is -2.16. The zero-order valence-electron chi connectivity index (χ0n) is 4.60. The molecule has 0 aliphatic carbocycles. The van der Waals surface area contributed by atoms with Crippen molar-refractivity contribution in [2.45, 2.75) is 18.3 Å². The first-order chi connectivity index (χ1) is 3.81. The minimum Gasteiger partial charge on any atom is -0.203 e. The van der Waals surface area contributed by atoms with Crippen LogP contribution in [0.4, 0.5) is 22.0 Å². The molecule has 0 unspecified atom stereocenters. The predicted molar refractivity (Wildman–Crippen MR) is 25.4 cm³/mol. The van der Waals surface area contributed by atoms with Crippen LogP contribution in [0.15, 0.2) is 0 Å². The van der Waals surface area contributed by atoms with E-state index in [1.807, 2.05) is 0 Å². The summed E-state index contributed by atoms with van der Waals surface area (Å²) in [6, 6.07) is 0. The summed E-state index contributed by atoms with van der Waals surface area (Å²) in [6.07, 6.45) is -5.33. The molecule has 0 spiro atoms. The van der Waals surface area contributed by atoms with Gasteiger partial charge in [-0.05, 0) is 0 Å². The van der Waals surface area contributed by atoms with E-state index < -0.39 is 21.2 Å². The van der Waals surface area contributed by atoms with Gasteiger partial charge in [-0.2, -0.15) is 13.2 Å². The molecular weight excluding hydrogens is 159 g/mol. The van der Waals surface area contributed by atoms with Crippen molar-refractivity contribution in [1.29, 1.82) is 0 Å². The Morgan fingerprint density at radius 2 is 1.33 bits per heavy atom. The van der Waals surface area contributed by atoms with Crippen LogP contribution in [-0.2, 0) is 0 Å². The Labute approximate surface area is 50.9 Å². The highest BCUT2D eigenvalue weighted by atomic mass is 28.2. The van der Waals surface area contributed by atoms with Gasteiger partial charge in [-0.15, -0.1) is 0 Å². The van der Waals surface area contributed by atoms with Crippen LogP contribution in [-0.4, -0.2) is 21.2 Å². The van der Waals surface area contributed by atoms with Crippen LogP contribution in [0, 0.1) is 0 Å². The highest BCUT2D eigenvalue weighted by Crippen LogP contribution is 2.33. The van der Waals surface area contributed by atoms with Gasteiger partial charge in [0.1, 0.15) is 9.52 Å². The van der Waals surface area contributed by atoms with Gasteiger partial charge in [0.15, 0.2) is 0 Å². The molecule has 0 rings (SSSR count). The van der Waals surface area contributed by atoms with Crippen molar-refractivity contribution in [2.24, 2.45) is 0 Å². The molecule has 0 aromatic carbocycles. The average Bonchev–Trinajstić information content (AvgIpc) is 1.64. The number of alkyl halides is 5. The van der Waals surface area contributed by atoms with Gasteiger partial charge in [0.25, 0.3) is 0 Å². The first-order valence-electron chi connectivity index (χ1n) is 2.26. The predicted octanol–water partition coefficient (Wildman–Crippen LogP) is 1.36. The van der Waals surface area contributed by atoms with Crippen molar-refractivity contribution in [3.63, 3.8) is 0 Å². The summed E-state index contributed by atoms with van der Waals surface area (Å²) >= 11 is 0. The van der Waals surface area contributed by atoms with Crippen LogP contribution in [0.1, 0.15) is 0 Å². The Morgan fingerprint density at radius 1 is 1.00 bits per heavy atom. The lowest BCUT2D eigenvalue weighted by molar-refractivity contribution is -0.243. The molecular formula is C3H5F5Si. The summed E-state index contributed by atoms with van der Waals surface area (Å²) in [7, 11) is -2.32. The van der Waals surface area contributed by atoms with E-state index in [0.29, 0.717) is 0 Å². The van der Waals surface area contributed by atoms with E-state index in [-0.39, 0.29) is 0 Å². The van der Waals surface area contributed by atoms with Crippen molar-refractivity contribution in [2.75, 3.05) is 0 Å². The van der Waals surface area contributed by atoms with Crippen molar-refractivity contribution in [1.82, 2.24) is 0 Å². The third-order valence-corrected chi connectivity index (χ3v) is 2.15. The molecule has 0 amide bonds. The molecule has 0 nitrogen and oxygen atoms in total. The zero-order valence-corrected chi connectivity index (χ0v) is 6.01. The molecule has 9 heavy (non-hydrogen) atoms. The molecule has 0 saturated heterocycles. The minimum absolute atomic E-state index is 0.924. The van der Waals surface area contributed by atoms with E-state index in [4.69, 9.17) is 0 Å². The molecule has 0 fully saturated rings. The summed E-state index contributed by atoms with van der Waals surface area (Å²) in [4.78, 5) is 0. The lowest BCUT2D eigenvalue weighted by Crippen LogP contribution is -2.40. The summed E-state index contributed by atoms with van der Waals surface area (Å²) < 4.78 is 56.5. The molecule has 0 saturated carbocycles. The highest BCUT2D eigenvalue weighted by molar-refractivity contribution is 6.37. The smallest absolute Gasteiger partial charge is 0.203 e. The van der Waals surface area contributed by atoms with Gasteiger partial charge in [0.05, 0.1) is 0 Å². The Bertz CT molecular complexity index is 94.9. The van der Waals surface area contributed by atoms with Gasteiger partial charge in [-0.3, -0.25) is 0 Å². The first kappa shape index (κ1) is 8.87. The SMILES string of the molecule is C[SiH2]C(F)(F)C(F)(F)F. The quantitative estimate of drug-likeness (QED) is 0.405. The maximum absolute atomic E-state index is 11.6. The second-order valence-electron chi connectivity index (χ2n) is 1.56. The Hall–Kier alpha value is -0.133. The molecule has 0 aliphatic rings. The summed E-state index contributed by atoms with van der Waals surface area (Å²) in [5.74, 6) is 0. The van der Waals surface area contributed by atoms with Crippen LogP contribution in [0.25, 0.3) is 0 Å². The average molecular weight is 164 g/mol. The fourth-order valence-electron chi connectivity index (χ4n) is 0.200. The third-order valence-electron chi connectivity index (χ3n) is 0.859. The van der Waals surface area contributed by atoms with E-state index in [2.05, 4.69) is 0 Å². The fraction of sp³-hybridized carbons (Fsp3) is 1.00. The van der Waals surface area contributed by atoms with Crippen molar-refractivity contribution >= 4 is 9.52 Å². The Balaban J connectivity index is 4.14. The number of rotatable bonds is 1. The van der Waals surface area contributed by atoms with Crippen LogP contribution in [0.2, 0.25) is 6.55 Å². The van der Waals surface area contributed by atoms with Crippen molar-refractivity contribution < 1.29 is 22.0 Å². The largest absolute Gasteiger partial charge is 0.447 e. The number of halogens is 5. The molecule has 0 atom stereocenters. The molecule has 0 heterocycles. The molecule has 0 aromatic heterocycles. The lowest BCUT2D eigenvalue weighted by atomic mass is 10.7. The normalized spacial score (nSPS) is 15.3. The second-order valence-corrected chi connectivity index (χ2v) is 3.15. The maximum atomic E-state index is 11.6. The molecule has 0 radical (unpaired) electrons. The van der Waals surface area contributed by atoms with E-state index in [0.717, 1.165) is 6.55 Å². The third kappa shape index (κ3) is 1.92. The van der Waals surface area contributed by atoms with Crippen molar-refractivity contribution in [3.05, 3.63) is 0 Å². The van der Waals surface area contributed by atoms with E-state index in [1.165, 1.54) is 0 Å². The fourth-order valence-corrected chi connectivity index (χ4v) is 0.601. The molecule has 56 valence electrons. The monoisotopic (exact) mass is 164 g/mol. The van der Waals surface area contributed by atoms with Crippen LogP contribution in [0.3, 0.4) is 0 Å². The Kier molecular flexibility index (Phi) is 2.21. The summed E-state index contributed by atoms with van der Waals surface area (Å²) in [5.41, 5.74) is -4.38. The van der Waals surface area contributed by atoms with Gasteiger partial charge >= 0.3 is 11.7 Å². The molecule has 0 aromatic rings. The summed E-state index contributed by atoms with van der Waals surface area (Å²) in [5, 5.41) is 0. The van der Waals surface area contributed by atoms with Crippen LogP contribution >= 0.6 is 0 Å². The van der Waals surface area contributed by atoms with Gasteiger partial charge in [0.2, 0.25) is 0 Å². The maximum Gasteiger partial charge on any atom is 0.447 e.